The summed E-state index contributed by atoms with van der Waals surface area (Å²) in [5.41, 5.74) is 1.62. The van der Waals surface area contributed by atoms with Crippen molar-refractivity contribution in [2.45, 2.75) is 25.7 Å². The first-order valence-corrected chi connectivity index (χ1v) is 3.64. The van der Waals surface area contributed by atoms with Gasteiger partial charge in [0, 0.05) is 0 Å². The summed E-state index contributed by atoms with van der Waals surface area (Å²) in [5.74, 6) is 0.853. The van der Waals surface area contributed by atoms with E-state index in [-0.39, 0.29) is 0 Å². The van der Waals surface area contributed by atoms with E-state index >= 15 is 0 Å². The number of hydrogen-bond donors (Lipinski definition) is 0. The topological polar surface area (TPSA) is 0 Å². The van der Waals surface area contributed by atoms with Gasteiger partial charge in [0.1, 0.15) is 0 Å². The second-order valence-corrected chi connectivity index (χ2v) is 2.83. The highest BCUT2D eigenvalue weighted by Gasteiger charge is 2.20. The molecule has 0 aromatic heterocycles. The molecule has 9 heavy (non-hydrogen) atoms. The smallest absolute Gasteiger partial charge is 0.0146 e. The Kier molecular flexibility index (Phi) is 1.18. The van der Waals surface area contributed by atoms with Crippen molar-refractivity contribution in [2.75, 3.05) is 0 Å². The van der Waals surface area contributed by atoms with Crippen molar-refractivity contribution < 1.29 is 0 Å². The van der Waals surface area contributed by atoms with Gasteiger partial charge in [0.05, 0.1) is 0 Å². The molecule has 1 saturated carbocycles. The van der Waals surface area contributed by atoms with Crippen LogP contribution in [0.3, 0.4) is 0 Å². The van der Waals surface area contributed by atoms with E-state index in [0.717, 1.165) is 12.3 Å². The fraction of sp³-hybridized carbons (Fsp3) is 0.556. The van der Waals surface area contributed by atoms with Crippen molar-refractivity contribution in [1.29, 1.82) is 0 Å². The summed E-state index contributed by atoms with van der Waals surface area (Å²) in [5, 5.41) is 0. The van der Waals surface area contributed by atoms with E-state index in [2.05, 4.69) is 18.2 Å². The average molecular weight is 118 g/mol. The van der Waals surface area contributed by atoms with E-state index in [1.165, 1.54) is 19.3 Å². The zero-order chi connectivity index (χ0) is 6.10. The van der Waals surface area contributed by atoms with Crippen LogP contribution in [0.1, 0.15) is 25.7 Å². The first-order chi connectivity index (χ1) is 4.47. The van der Waals surface area contributed by atoms with Crippen LogP contribution in [0.5, 0.6) is 0 Å². The Morgan fingerprint density at radius 1 is 1.56 bits per heavy atom. The van der Waals surface area contributed by atoms with Crippen LogP contribution in [0, 0.1) is 18.1 Å². The van der Waals surface area contributed by atoms with E-state index in [9.17, 15) is 0 Å². The lowest BCUT2D eigenvalue weighted by Gasteiger charge is -2.10. The molecule has 1 fully saturated rings. The first kappa shape index (κ1) is 5.28. The quantitative estimate of drug-likeness (QED) is 0.457. The third kappa shape index (κ3) is 0.827. The summed E-state index contributed by atoms with van der Waals surface area (Å²) in [6.45, 7) is 0. The molecule has 0 nitrogen and oxygen atoms in total. The molecule has 2 radical (unpaired) electrons. The van der Waals surface area contributed by atoms with E-state index < -0.39 is 0 Å². The van der Waals surface area contributed by atoms with E-state index in [4.69, 9.17) is 0 Å². The molecule has 0 aliphatic heterocycles. The molecule has 0 bridgehead atoms. The summed E-state index contributed by atoms with van der Waals surface area (Å²) < 4.78 is 0. The van der Waals surface area contributed by atoms with Gasteiger partial charge in [0.15, 0.2) is 0 Å². The molecule has 0 N–H and O–H groups in total. The van der Waals surface area contributed by atoms with Gasteiger partial charge in [-0.05, 0) is 43.8 Å². The van der Waals surface area contributed by atoms with Crippen molar-refractivity contribution in [2.24, 2.45) is 5.92 Å². The second kappa shape index (κ2) is 2.02. The molecule has 0 spiro atoms. The molecule has 1 atom stereocenters. The third-order valence-electron chi connectivity index (χ3n) is 2.25. The van der Waals surface area contributed by atoms with Gasteiger partial charge < -0.3 is 0 Å². The molecular weight excluding hydrogens is 108 g/mol. The van der Waals surface area contributed by atoms with Crippen molar-refractivity contribution in [3.63, 3.8) is 0 Å². The van der Waals surface area contributed by atoms with Gasteiger partial charge in [-0.2, -0.15) is 0 Å². The minimum absolute atomic E-state index is 0.853. The van der Waals surface area contributed by atoms with Gasteiger partial charge in [-0.15, -0.1) is 0 Å². The predicted molar refractivity (Wildman–Crippen MR) is 36.5 cm³/mol. The Labute approximate surface area is 56.3 Å². The largest absolute Gasteiger partial charge is 0.0662 e. The van der Waals surface area contributed by atoms with Crippen LogP contribution in [-0.2, 0) is 0 Å². The van der Waals surface area contributed by atoms with Gasteiger partial charge in [-0.3, -0.25) is 0 Å². The molecule has 0 amide bonds. The number of rotatable bonds is 0. The zero-order valence-corrected chi connectivity index (χ0v) is 5.48. The lowest BCUT2D eigenvalue weighted by Crippen LogP contribution is -1.97. The molecule has 2 rings (SSSR count). The Morgan fingerprint density at radius 3 is 3.44 bits per heavy atom. The van der Waals surface area contributed by atoms with Crippen molar-refractivity contribution >= 4 is 0 Å². The Bertz CT molecular complexity index is 163. The van der Waals surface area contributed by atoms with Crippen LogP contribution in [-0.4, -0.2) is 0 Å². The highest BCUT2D eigenvalue weighted by Crippen LogP contribution is 2.34. The fourth-order valence-corrected chi connectivity index (χ4v) is 1.69. The maximum Gasteiger partial charge on any atom is -0.0146 e. The third-order valence-corrected chi connectivity index (χ3v) is 2.25. The SMILES string of the molecule is [C]1=[C]CC2CCCC2=C1. The predicted octanol–water partition coefficient (Wildman–Crippen LogP) is 2.28. The Hall–Kier alpha value is -0.520. The van der Waals surface area contributed by atoms with Crippen LogP contribution < -0.4 is 0 Å². The Morgan fingerprint density at radius 2 is 2.56 bits per heavy atom. The molecule has 46 valence electrons. The maximum atomic E-state index is 3.13. The number of allylic oxidation sites excluding steroid dienone is 4. The minimum atomic E-state index is 0.853. The standard InChI is InChI=1S/C9H10/c1-2-5-9-7-3-6-8(9)4-1/h4,9H,3,5-7H2. The van der Waals surface area contributed by atoms with E-state index in [0.29, 0.717) is 0 Å². The van der Waals surface area contributed by atoms with Crippen LogP contribution in [0.25, 0.3) is 0 Å². The van der Waals surface area contributed by atoms with Crippen LogP contribution in [0.2, 0.25) is 0 Å². The molecule has 0 aromatic carbocycles. The van der Waals surface area contributed by atoms with Crippen LogP contribution >= 0.6 is 0 Å². The lowest BCUT2D eigenvalue weighted by molar-refractivity contribution is 0.622. The number of hydrogen-bond acceptors (Lipinski definition) is 0. The molecule has 0 heterocycles. The van der Waals surface area contributed by atoms with Crippen molar-refractivity contribution in [3.8, 4) is 0 Å². The fourth-order valence-electron chi connectivity index (χ4n) is 1.69. The van der Waals surface area contributed by atoms with Crippen molar-refractivity contribution in [3.05, 3.63) is 23.8 Å². The Balaban J connectivity index is 2.23. The van der Waals surface area contributed by atoms with Crippen LogP contribution in [0.4, 0.5) is 0 Å². The van der Waals surface area contributed by atoms with Gasteiger partial charge in [-0.1, -0.05) is 11.6 Å². The van der Waals surface area contributed by atoms with Gasteiger partial charge in [0.25, 0.3) is 0 Å². The van der Waals surface area contributed by atoms with Gasteiger partial charge in [0.2, 0.25) is 0 Å². The maximum absolute atomic E-state index is 3.13. The van der Waals surface area contributed by atoms with Crippen molar-refractivity contribution in [1.82, 2.24) is 0 Å². The summed E-state index contributed by atoms with van der Waals surface area (Å²) in [6, 6.07) is 0. The molecular formula is C9H10. The normalized spacial score (nSPS) is 32.0. The summed E-state index contributed by atoms with van der Waals surface area (Å²) in [7, 11) is 0. The monoisotopic (exact) mass is 118 g/mol. The van der Waals surface area contributed by atoms with Gasteiger partial charge in [-0.25, -0.2) is 0 Å². The summed E-state index contributed by atoms with van der Waals surface area (Å²) in [4.78, 5) is 0. The summed E-state index contributed by atoms with van der Waals surface area (Å²) >= 11 is 0. The lowest BCUT2D eigenvalue weighted by atomic mass is 9.95. The average Bonchev–Trinajstić information content (AvgIpc) is 2.33. The molecule has 2 aliphatic rings. The molecule has 1 unspecified atom stereocenters. The second-order valence-electron chi connectivity index (χ2n) is 2.83. The minimum Gasteiger partial charge on any atom is -0.0662 e. The highest BCUT2D eigenvalue weighted by molar-refractivity contribution is 5.18. The highest BCUT2D eigenvalue weighted by atomic mass is 14.2. The van der Waals surface area contributed by atoms with Gasteiger partial charge >= 0.3 is 0 Å². The molecule has 2 aliphatic carbocycles. The first-order valence-electron chi connectivity index (χ1n) is 3.64. The van der Waals surface area contributed by atoms with E-state index in [1.807, 2.05) is 0 Å². The molecule has 0 saturated heterocycles. The number of fused-ring (bicyclic) bond motifs is 1. The zero-order valence-electron chi connectivity index (χ0n) is 5.48. The molecule has 0 heteroatoms. The summed E-state index contributed by atoms with van der Waals surface area (Å²) in [6.07, 6.45) is 13.5. The van der Waals surface area contributed by atoms with E-state index in [1.54, 1.807) is 5.57 Å². The molecule has 0 aromatic rings. The van der Waals surface area contributed by atoms with Crippen LogP contribution in [0.15, 0.2) is 11.6 Å².